The Kier molecular flexibility index (Phi) is 6.70. The van der Waals surface area contributed by atoms with Crippen LogP contribution in [0.1, 0.15) is 57.5 Å². The molecule has 2 saturated heterocycles. The van der Waals surface area contributed by atoms with E-state index in [9.17, 15) is 14.4 Å². The summed E-state index contributed by atoms with van der Waals surface area (Å²) in [6.07, 6.45) is 2.52. The molecule has 6 heteroatoms. The van der Waals surface area contributed by atoms with E-state index in [2.05, 4.69) is 5.32 Å². The van der Waals surface area contributed by atoms with E-state index in [4.69, 9.17) is 4.74 Å². The van der Waals surface area contributed by atoms with Gasteiger partial charge in [-0.25, -0.2) is 0 Å². The normalized spacial score (nSPS) is 19.1. The predicted octanol–water partition coefficient (Wildman–Crippen LogP) is 4.16. The monoisotopic (exact) mass is 434 g/mol. The SMILES string of the molecule is Cc1ccc(C(=O)C2CCN(C(=O)c3cccc(NC(=O)C4CCCO4)c3)CC2)c(C)c1. The molecule has 32 heavy (non-hydrogen) atoms. The maximum atomic E-state index is 13.0. The van der Waals surface area contributed by atoms with Crippen molar-refractivity contribution in [2.75, 3.05) is 25.0 Å². The Labute approximate surface area is 188 Å². The van der Waals surface area contributed by atoms with Crippen LogP contribution in [0.2, 0.25) is 0 Å². The van der Waals surface area contributed by atoms with Gasteiger partial charge in [-0.1, -0.05) is 29.8 Å². The lowest BCUT2D eigenvalue weighted by molar-refractivity contribution is -0.124. The largest absolute Gasteiger partial charge is 0.368 e. The van der Waals surface area contributed by atoms with E-state index in [1.165, 1.54) is 0 Å². The van der Waals surface area contributed by atoms with E-state index >= 15 is 0 Å². The lowest BCUT2D eigenvalue weighted by Crippen LogP contribution is -2.40. The number of aryl methyl sites for hydroxylation is 2. The standard InChI is InChI=1S/C26H30N2O4/c1-17-8-9-22(18(2)15-17)24(29)19-10-12-28(13-11-19)26(31)20-5-3-6-21(16-20)27-25(30)23-7-4-14-32-23/h3,5-6,8-9,15-16,19,23H,4,7,10-14H2,1-2H3,(H,27,30). The molecular formula is C26H30N2O4. The number of ketones is 1. The van der Waals surface area contributed by atoms with Gasteiger partial charge in [-0.05, 0) is 63.3 Å². The van der Waals surface area contributed by atoms with Gasteiger partial charge in [-0.15, -0.1) is 0 Å². The van der Waals surface area contributed by atoms with Crippen molar-refractivity contribution in [1.29, 1.82) is 0 Å². The van der Waals surface area contributed by atoms with Crippen molar-refractivity contribution in [2.24, 2.45) is 5.92 Å². The number of nitrogens with one attached hydrogen (secondary N) is 1. The number of likely N-dealkylation sites (tertiary alicyclic amines) is 1. The molecule has 1 N–H and O–H groups in total. The van der Waals surface area contributed by atoms with Crippen molar-refractivity contribution < 1.29 is 19.1 Å². The summed E-state index contributed by atoms with van der Waals surface area (Å²) >= 11 is 0. The lowest BCUT2D eigenvalue weighted by Gasteiger charge is -2.31. The van der Waals surface area contributed by atoms with Gasteiger partial charge in [-0.2, -0.15) is 0 Å². The van der Waals surface area contributed by atoms with Crippen molar-refractivity contribution in [3.05, 3.63) is 64.7 Å². The number of amides is 2. The highest BCUT2D eigenvalue weighted by atomic mass is 16.5. The first-order valence-electron chi connectivity index (χ1n) is 11.4. The average molecular weight is 435 g/mol. The fourth-order valence-electron chi connectivity index (χ4n) is 4.57. The first kappa shape index (κ1) is 22.2. The van der Waals surface area contributed by atoms with Crippen LogP contribution in [0.15, 0.2) is 42.5 Å². The van der Waals surface area contributed by atoms with Crippen molar-refractivity contribution in [3.63, 3.8) is 0 Å². The Balaban J connectivity index is 1.36. The second-order valence-corrected chi connectivity index (χ2v) is 8.82. The number of carbonyl (C=O) groups is 3. The van der Waals surface area contributed by atoms with E-state index in [0.29, 0.717) is 43.8 Å². The van der Waals surface area contributed by atoms with Gasteiger partial charge in [0, 0.05) is 42.4 Å². The molecule has 4 rings (SSSR count). The highest BCUT2D eigenvalue weighted by Gasteiger charge is 2.29. The van der Waals surface area contributed by atoms with E-state index in [1.54, 1.807) is 29.2 Å². The molecule has 0 aromatic heterocycles. The number of ether oxygens (including phenoxy) is 1. The summed E-state index contributed by atoms with van der Waals surface area (Å²) < 4.78 is 5.42. The molecule has 0 aliphatic carbocycles. The second kappa shape index (κ2) is 9.65. The number of carbonyl (C=O) groups excluding carboxylic acids is 3. The number of rotatable bonds is 5. The number of hydrogen-bond donors (Lipinski definition) is 1. The van der Waals surface area contributed by atoms with Crippen LogP contribution in [0, 0.1) is 19.8 Å². The maximum absolute atomic E-state index is 13.0. The summed E-state index contributed by atoms with van der Waals surface area (Å²) in [6, 6.07) is 13.0. The van der Waals surface area contributed by atoms with Gasteiger partial charge in [0.2, 0.25) is 0 Å². The molecule has 0 spiro atoms. The van der Waals surface area contributed by atoms with Crippen molar-refractivity contribution in [3.8, 4) is 0 Å². The molecule has 0 radical (unpaired) electrons. The zero-order valence-electron chi connectivity index (χ0n) is 18.7. The lowest BCUT2D eigenvalue weighted by atomic mass is 9.87. The molecule has 2 heterocycles. The number of anilines is 1. The zero-order valence-corrected chi connectivity index (χ0v) is 18.7. The Hall–Kier alpha value is -2.99. The molecule has 0 bridgehead atoms. The van der Waals surface area contributed by atoms with Gasteiger partial charge in [0.05, 0.1) is 0 Å². The minimum absolute atomic E-state index is 0.0579. The molecule has 2 aromatic carbocycles. The number of hydrogen-bond acceptors (Lipinski definition) is 4. The Morgan fingerprint density at radius 2 is 1.78 bits per heavy atom. The van der Waals surface area contributed by atoms with Gasteiger partial charge in [0.15, 0.2) is 5.78 Å². The van der Waals surface area contributed by atoms with Gasteiger partial charge in [0.1, 0.15) is 6.10 Å². The van der Waals surface area contributed by atoms with Crippen molar-refractivity contribution >= 4 is 23.3 Å². The molecule has 2 fully saturated rings. The molecule has 1 atom stereocenters. The topological polar surface area (TPSA) is 75.7 Å². The minimum Gasteiger partial charge on any atom is -0.368 e. The van der Waals surface area contributed by atoms with Crippen molar-refractivity contribution in [2.45, 2.75) is 45.6 Å². The Bertz CT molecular complexity index is 1020. The Morgan fingerprint density at radius 3 is 2.47 bits per heavy atom. The van der Waals surface area contributed by atoms with Crippen LogP contribution in [0.3, 0.4) is 0 Å². The quantitative estimate of drug-likeness (QED) is 0.717. The van der Waals surface area contributed by atoms with Crippen molar-refractivity contribution in [1.82, 2.24) is 4.90 Å². The second-order valence-electron chi connectivity index (χ2n) is 8.82. The molecule has 168 valence electrons. The minimum atomic E-state index is -0.414. The molecule has 2 aromatic rings. The molecule has 2 amide bonds. The molecule has 0 saturated carbocycles. The summed E-state index contributed by atoms with van der Waals surface area (Å²) in [4.78, 5) is 40.1. The smallest absolute Gasteiger partial charge is 0.253 e. The van der Waals surface area contributed by atoms with Crippen LogP contribution in [0.4, 0.5) is 5.69 Å². The molecule has 6 nitrogen and oxygen atoms in total. The average Bonchev–Trinajstić information content (AvgIpc) is 3.34. The summed E-state index contributed by atoms with van der Waals surface area (Å²) in [5.74, 6) is -0.126. The third kappa shape index (κ3) is 4.91. The highest BCUT2D eigenvalue weighted by molar-refractivity contribution is 6.00. The van der Waals surface area contributed by atoms with Crippen LogP contribution in [0.5, 0.6) is 0 Å². The predicted molar refractivity (Wildman–Crippen MR) is 123 cm³/mol. The number of Topliss-reactive ketones (excluding diaryl/α,β-unsaturated/α-hetero) is 1. The van der Waals surface area contributed by atoms with Gasteiger partial charge in [-0.3, -0.25) is 14.4 Å². The summed E-state index contributed by atoms with van der Waals surface area (Å²) in [7, 11) is 0. The maximum Gasteiger partial charge on any atom is 0.253 e. The zero-order chi connectivity index (χ0) is 22.7. The van der Waals surface area contributed by atoms with E-state index in [0.717, 1.165) is 29.5 Å². The van der Waals surface area contributed by atoms with Gasteiger partial charge in [0.25, 0.3) is 11.8 Å². The van der Waals surface area contributed by atoms with Crippen LogP contribution in [0.25, 0.3) is 0 Å². The molecule has 2 aliphatic heterocycles. The summed E-state index contributed by atoms with van der Waals surface area (Å²) in [5, 5.41) is 2.85. The van der Waals surface area contributed by atoms with E-state index in [1.807, 2.05) is 32.0 Å². The van der Waals surface area contributed by atoms with Crippen LogP contribution in [-0.2, 0) is 9.53 Å². The van der Waals surface area contributed by atoms with Crippen LogP contribution in [-0.4, -0.2) is 48.3 Å². The Morgan fingerprint density at radius 1 is 1.00 bits per heavy atom. The third-order valence-corrected chi connectivity index (χ3v) is 6.40. The number of piperidine rings is 1. The molecule has 1 unspecified atom stereocenters. The first-order valence-corrected chi connectivity index (χ1v) is 11.4. The molecule has 2 aliphatic rings. The summed E-state index contributed by atoms with van der Waals surface area (Å²) in [5.41, 5.74) is 4.07. The molecular weight excluding hydrogens is 404 g/mol. The van der Waals surface area contributed by atoms with Crippen LogP contribution >= 0.6 is 0 Å². The fraction of sp³-hybridized carbons (Fsp3) is 0.423. The van der Waals surface area contributed by atoms with E-state index in [-0.39, 0.29) is 23.5 Å². The van der Waals surface area contributed by atoms with E-state index < -0.39 is 6.10 Å². The fourth-order valence-corrected chi connectivity index (χ4v) is 4.57. The number of nitrogens with zero attached hydrogens (tertiary/aromatic N) is 1. The van der Waals surface area contributed by atoms with Gasteiger partial charge >= 0.3 is 0 Å². The summed E-state index contributed by atoms with van der Waals surface area (Å²) in [6.45, 7) is 5.70. The van der Waals surface area contributed by atoms with Gasteiger partial charge < -0.3 is 15.0 Å². The van der Waals surface area contributed by atoms with Crippen LogP contribution < -0.4 is 5.32 Å². The third-order valence-electron chi connectivity index (χ3n) is 6.40. The highest BCUT2D eigenvalue weighted by Crippen LogP contribution is 2.25. The number of benzene rings is 2. The first-order chi connectivity index (χ1) is 15.4.